The van der Waals surface area contributed by atoms with Crippen LogP contribution in [-0.4, -0.2) is 35.6 Å². The maximum absolute atomic E-state index is 12.9. The molecule has 39 heavy (non-hydrogen) atoms. The lowest BCUT2D eigenvalue weighted by Gasteiger charge is -2.26. The van der Waals surface area contributed by atoms with Gasteiger partial charge in [-0.2, -0.15) is 0 Å². The van der Waals surface area contributed by atoms with Crippen molar-refractivity contribution in [1.29, 1.82) is 0 Å². The van der Waals surface area contributed by atoms with Gasteiger partial charge in [-0.05, 0) is 79.6 Å². The van der Waals surface area contributed by atoms with Crippen molar-refractivity contribution >= 4 is 39.1 Å². The topological polar surface area (TPSA) is 151 Å². The number of carbonyl (C=O) groups is 2. The van der Waals surface area contributed by atoms with Crippen LogP contribution in [0.1, 0.15) is 47.8 Å². The molecular formula is C28H26N4O6S. The molecule has 0 aliphatic heterocycles. The minimum Gasteiger partial charge on any atom is -0.481 e. The highest BCUT2D eigenvalue weighted by Gasteiger charge is 2.26. The third-order valence-corrected chi connectivity index (χ3v) is 8.55. The molecule has 1 aliphatic carbocycles. The number of aromatic nitrogens is 2. The standard InChI is InChI=1S/C28H26N4O6S/c33-25(29-21-15-13-19(14-16-21)18-9-11-20(12-10-18)27(34)35)26-31-32-28(38-26)30-22-5-4-8-24(17-22)39(36,37)23-6-2-1-3-7-23/h1-8,13-18,20H,9-12H2,(H,29,33)(H,30,32)(H,34,35)/t18-,20-. The summed E-state index contributed by atoms with van der Waals surface area (Å²) in [6.07, 6.45) is 2.97. The number of carbonyl (C=O) groups excluding carboxylic acids is 1. The van der Waals surface area contributed by atoms with Gasteiger partial charge in [0.2, 0.25) is 9.84 Å². The molecule has 0 unspecified atom stereocenters. The van der Waals surface area contributed by atoms with Gasteiger partial charge < -0.3 is 20.2 Å². The zero-order chi connectivity index (χ0) is 27.4. The van der Waals surface area contributed by atoms with Crippen molar-refractivity contribution in [3.05, 3.63) is 90.3 Å². The third-order valence-electron chi connectivity index (χ3n) is 6.78. The Morgan fingerprint density at radius 2 is 1.51 bits per heavy atom. The van der Waals surface area contributed by atoms with Crippen LogP contribution in [0, 0.1) is 5.92 Å². The van der Waals surface area contributed by atoms with E-state index in [-0.39, 0.29) is 27.6 Å². The van der Waals surface area contributed by atoms with Crippen molar-refractivity contribution in [3.63, 3.8) is 0 Å². The van der Waals surface area contributed by atoms with Crippen LogP contribution < -0.4 is 10.6 Å². The third kappa shape index (κ3) is 5.99. The van der Waals surface area contributed by atoms with Crippen LogP contribution in [0.2, 0.25) is 0 Å². The summed E-state index contributed by atoms with van der Waals surface area (Å²) in [4.78, 5) is 24.1. The molecule has 11 heteroatoms. The molecule has 1 heterocycles. The second-order valence-electron chi connectivity index (χ2n) is 9.34. The second-order valence-corrected chi connectivity index (χ2v) is 11.3. The van der Waals surface area contributed by atoms with Crippen molar-refractivity contribution in [1.82, 2.24) is 10.2 Å². The molecule has 10 nitrogen and oxygen atoms in total. The highest BCUT2D eigenvalue weighted by molar-refractivity contribution is 7.91. The molecule has 3 N–H and O–H groups in total. The van der Waals surface area contributed by atoms with E-state index in [2.05, 4.69) is 20.8 Å². The van der Waals surface area contributed by atoms with Gasteiger partial charge in [0.15, 0.2) is 0 Å². The Morgan fingerprint density at radius 3 is 2.21 bits per heavy atom. The van der Waals surface area contributed by atoms with Crippen molar-refractivity contribution < 1.29 is 27.5 Å². The first-order valence-corrected chi connectivity index (χ1v) is 13.9. The molecule has 0 spiro atoms. The summed E-state index contributed by atoms with van der Waals surface area (Å²) in [6, 6.07) is 21.6. The summed E-state index contributed by atoms with van der Waals surface area (Å²) >= 11 is 0. The highest BCUT2D eigenvalue weighted by Crippen LogP contribution is 2.36. The number of aliphatic carboxylic acids is 1. The van der Waals surface area contributed by atoms with E-state index in [1.54, 1.807) is 42.5 Å². The van der Waals surface area contributed by atoms with Crippen molar-refractivity contribution in [2.45, 2.75) is 41.4 Å². The van der Waals surface area contributed by atoms with Gasteiger partial charge in [-0.15, -0.1) is 5.10 Å². The number of rotatable bonds is 8. The lowest BCUT2D eigenvalue weighted by atomic mass is 9.79. The second kappa shape index (κ2) is 11.1. The normalized spacial score (nSPS) is 17.3. The summed E-state index contributed by atoms with van der Waals surface area (Å²) in [6.45, 7) is 0. The lowest BCUT2D eigenvalue weighted by molar-refractivity contribution is -0.142. The number of hydrogen-bond donors (Lipinski definition) is 3. The summed E-state index contributed by atoms with van der Waals surface area (Å²) in [5.74, 6) is -1.54. The summed E-state index contributed by atoms with van der Waals surface area (Å²) in [7, 11) is -3.71. The molecule has 1 aliphatic rings. The number of carboxylic acid groups (broad SMARTS) is 1. The van der Waals surface area contributed by atoms with Crippen LogP contribution in [0.3, 0.4) is 0 Å². The Balaban J connectivity index is 1.20. The molecular weight excluding hydrogens is 520 g/mol. The number of nitrogens with zero attached hydrogens (tertiary/aromatic N) is 2. The van der Waals surface area contributed by atoms with Crippen LogP contribution in [0.25, 0.3) is 0 Å². The zero-order valence-electron chi connectivity index (χ0n) is 20.8. The maximum Gasteiger partial charge on any atom is 0.320 e. The fraction of sp³-hybridized carbons (Fsp3) is 0.214. The number of nitrogens with one attached hydrogen (secondary N) is 2. The largest absolute Gasteiger partial charge is 0.481 e. The van der Waals surface area contributed by atoms with Crippen LogP contribution in [-0.2, 0) is 14.6 Å². The average molecular weight is 547 g/mol. The molecule has 0 atom stereocenters. The summed E-state index contributed by atoms with van der Waals surface area (Å²) < 4.78 is 31.2. The summed E-state index contributed by atoms with van der Waals surface area (Å²) in [5, 5.41) is 22.4. The first kappa shape index (κ1) is 26.1. The number of anilines is 3. The van der Waals surface area contributed by atoms with Crippen LogP contribution in [0.4, 0.5) is 17.4 Å². The van der Waals surface area contributed by atoms with Gasteiger partial charge in [0.1, 0.15) is 0 Å². The van der Waals surface area contributed by atoms with Gasteiger partial charge in [-0.3, -0.25) is 9.59 Å². The average Bonchev–Trinajstić information content (AvgIpc) is 3.43. The fourth-order valence-corrected chi connectivity index (χ4v) is 5.99. The van der Waals surface area contributed by atoms with E-state index in [4.69, 9.17) is 4.42 Å². The Morgan fingerprint density at radius 1 is 0.821 bits per heavy atom. The smallest absolute Gasteiger partial charge is 0.320 e. The molecule has 5 rings (SSSR count). The molecule has 3 aromatic carbocycles. The first-order chi connectivity index (χ1) is 18.8. The minimum atomic E-state index is -3.71. The van der Waals surface area contributed by atoms with E-state index in [1.165, 1.54) is 24.3 Å². The van der Waals surface area contributed by atoms with Crippen molar-refractivity contribution in [2.24, 2.45) is 5.92 Å². The molecule has 1 aromatic heterocycles. The first-order valence-electron chi connectivity index (χ1n) is 12.4. The van der Waals surface area contributed by atoms with Gasteiger partial charge >= 0.3 is 23.8 Å². The zero-order valence-corrected chi connectivity index (χ0v) is 21.6. The maximum atomic E-state index is 12.9. The summed E-state index contributed by atoms with van der Waals surface area (Å²) in [5.41, 5.74) is 2.06. The predicted molar refractivity (Wildman–Crippen MR) is 143 cm³/mol. The number of carboxylic acids is 1. The van der Waals surface area contributed by atoms with E-state index in [0.717, 1.165) is 18.4 Å². The van der Waals surface area contributed by atoms with Crippen LogP contribution in [0.5, 0.6) is 0 Å². The Labute approximate surface area is 225 Å². The van der Waals surface area contributed by atoms with Gasteiger partial charge in [-0.25, -0.2) is 8.42 Å². The van der Waals surface area contributed by atoms with E-state index in [1.807, 2.05) is 12.1 Å². The molecule has 1 saturated carbocycles. The minimum absolute atomic E-state index is 0.0679. The van der Waals surface area contributed by atoms with Gasteiger partial charge in [0.25, 0.3) is 0 Å². The van der Waals surface area contributed by atoms with Crippen LogP contribution >= 0.6 is 0 Å². The van der Waals surface area contributed by atoms with Crippen molar-refractivity contribution in [2.75, 3.05) is 10.6 Å². The van der Waals surface area contributed by atoms with E-state index < -0.39 is 21.7 Å². The lowest BCUT2D eigenvalue weighted by Crippen LogP contribution is -2.20. The Kier molecular flexibility index (Phi) is 7.42. The Bertz CT molecular complexity index is 1580. The SMILES string of the molecule is O=C(Nc1ccc([C@H]2CC[C@H](C(=O)O)CC2)cc1)c1nnc(Nc2cccc(S(=O)(=O)c3ccccc3)c2)o1. The molecule has 4 aromatic rings. The fourth-order valence-electron chi connectivity index (χ4n) is 4.66. The predicted octanol–water partition coefficient (Wildman–Crippen LogP) is 5.26. The van der Waals surface area contributed by atoms with E-state index in [0.29, 0.717) is 30.1 Å². The monoisotopic (exact) mass is 546 g/mol. The van der Waals surface area contributed by atoms with Gasteiger partial charge in [-0.1, -0.05) is 41.5 Å². The number of amides is 1. The Hall–Kier alpha value is -4.51. The number of sulfone groups is 1. The quantitative estimate of drug-likeness (QED) is 0.269. The van der Waals surface area contributed by atoms with E-state index in [9.17, 15) is 23.1 Å². The molecule has 0 radical (unpaired) electrons. The van der Waals surface area contributed by atoms with E-state index >= 15 is 0 Å². The van der Waals surface area contributed by atoms with Gasteiger partial charge in [0.05, 0.1) is 15.7 Å². The molecule has 0 bridgehead atoms. The molecule has 1 amide bonds. The highest BCUT2D eigenvalue weighted by atomic mass is 32.2. The number of hydrogen-bond acceptors (Lipinski definition) is 8. The molecule has 0 saturated heterocycles. The molecule has 200 valence electrons. The van der Waals surface area contributed by atoms with Crippen molar-refractivity contribution in [3.8, 4) is 0 Å². The number of benzene rings is 3. The molecule has 1 fully saturated rings. The van der Waals surface area contributed by atoms with Gasteiger partial charge in [0, 0.05) is 11.4 Å². The van der Waals surface area contributed by atoms with Crippen LogP contribution in [0.15, 0.2) is 93.1 Å².